The van der Waals surface area contributed by atoms with Crippen molar-refractivity contribution in [3.8, 4) is 55.6 Å². The first kappa shape index (κ1) is 36.4. The topological polar surface area (TPSA) is 16.4 Å². The number of furan rings is 1. The summed E-state index contributed by atoms with van der Waals surface area (Å²) in [7, 11) is 0. The molecular formula is C60H45NO. The van der Waals surface area contributed by atoms with Crippen molar-refractivity contribution in [1.82, 2.24) is 0 Å². The summed E-state index contributed by atoms with van der Waals surface area (Å²) in [5, 5.41) is 2.24. The van der Waals surface area contributed by atoms with E-state index in [0.29, 0.717) is 0 Å². The van der Waals surface area contributed by atoms with Crippen molar-refractivity contribution >= 4 is 39.0 Å². The van der Waals surface area contributed by atoms with E-state index < -0.39 is 0 Å². The monoisotopic (exact) mass is 795 g/mol. The van der Waals surface area contributed by atoms with Gasteiger partial charge in [0.15, 0.2) is 0 Å². The van der Waals surface area contributed by atoms with Crippen LogP contribution in [0, 0.1) is 0 Å². The van der Waals surface area contributed by atoms with Crippen LogP contribution in [-0.2, 0) is 10.8 Å². The molecule has 0 spiro atoms. The Bertz CT molecular complexity index is 3370. The minimum Gasteiger partial charge on any atom is -0.456 e. The summed E-state index contributed by atoms with van der Waals surface area (Å²) in [6.45, 7) is 9.50. The minimum atomic E-state index is -0.309. The normalized spacial score (nSPS) is 14.1. The van der Waals surface area contributed by atoms with E-state index in [2.05, 4.69) is 233 Å². The molecular weight excluding hydrogens is 751 g/mol. The lowest BCUT2D eigenvalue weighted by Gasteiger charge is -2.31. The lowest BCUT2D eigenvalue weighted by molar-refractivity contribution is 0.647. The first-order chi connectivity index (χ1) is 30.3. The van der Waals surface area contributed by atoms with Gasteiger partial charge in [-0.2, -0.15) is 0 Å². The first-order valence-corrected chi connectivity index (χ1v) is 21.8. The van der Waals surface area contributed by atoms with Gasteiger partial charge in [0.05, 0.1) is 11.1 Å². The Morgan fingerprint density at radius 1 is 0.355 bits per heavy atom. The maximum absolute atomic E-state index is 6.87. The van der Waals surface area contributed by atoms with Crippen molar-refractivity contribution in [2.45, 2.75) is 38.5 Å². The summed E-state index contributed by atoms with van der Waals surface area (Å²) in [5.41, 5.74) is 22.4. The van der Waals surface area contributed by atoms with E-state index in [1.54, 1.807) is 0 Å². The molecule has 62 heavy (non-hydrogen) atoms. The first-order valence-electron chi connectivity index (χ1n) is 21.8. The third-order valence-corrected chi connectivity index (χ3v) is 13.9. The maximum Gasteiger partial charge on any atom is 0.137 e. The van der Waals surface area contributed by atoms with Gasteiger partial charge in [-0.3, -0.25) is 0 Å². The molecule has 0 aliphatic heterocycles. The molecule has 0 saturated carbocycles. The van der Waals surface area contributed by atoms with Crippen LogP contribution in [0.15, 0.2) is 205 Å². The summed E-state index contributed by atoms with van der Waals surface area (Å²) < 4.78 is 6.87. The lowest BCUT2D eigenvalue weighted by Crippen LogP contribution is -2.18. The van der Waals surface area contributed by atoms with Crippen molar-refractivity contribution in [3.63, 3.8) is 0 Å². The van der Waals surface area contributed by atoms with Gasteiger partial charge < -0.3 is 9.32 Å². The van der Waals surface area contributed by atoms with E-state index >= 15 is 0 Å². The molecule has 0 N–H and O–H groups in total. The number of anilines is 3. The third-order valence-electron chi connectivity index (χ3n) is 13.9. The number of benzene rings is 9. The van der Waals surface area contributed by atoms with Crippen molar-refractivity contribution in [1.29, 1.82) is 0 Å². The van der Waals surface area contributed by atoms with Gasteiger partial charge in [0.25, 0.3) is 0 Å². The fourth-order valence-corrected chi connectivity index (χ4v) is 10.6. The molecule has 2 nitrogen and oxygen atoms in total. The molecule has 0 saturated heterocycles. The quantitative estimate of drug-likeness (QED) is 0.167. The maximum atomic E-state index is 6.87. The average Bonchev–Trinajstić information content (AvgIpc) is 3.89. The molecule has 0 fully saturated rings. The van der Waals surface area contributed by atoms with Crippen molar-refractivity contribution in [2.75, 3.05) is 4.90 Å². The Hall–Kier alpha value is -7.42. The Labute approximate surface area is 363 Å². The zero-order valence-electron chi connectivity index (χ0n) is 35.4. The number of hydrogen-bond donors (Lipinski definition) is 0. The van der Waals surface area contributed by atoms with Crippen LogP contribution in [-0.4, -0.2) is 0 Å². The summed E-state index contributed by atoms with van der Waals surface area (Å²) >= 11 is 0. The SMILES string of the molecule is CC1(C)c2ccccc2-c2ccc(N(c3ccc(-c4ccccc4)cc3)c3c4c(cc5oc6ccccc6c35)C(C)(C)c3cc(-c5ccc(-c6ccccc6)cc5)ccc3-4)cc21. The van der Waals surface area contributed by atoms with E-state index in [9.17, 15) is 0 Å². The molecule has 2 aliphatic carbocycles. The summed E-state index contributed by atoms with van der Waals surface area (Å²) in [5.74, 6) is 0. The van der Waals surface area contributed by atoms with Crippen molar-refractivity contribution in [2.24, 2.45) is 0 Å². The highest BCUT2D eigenvalue weighted by molar-refractivity contribution is 6.19. The molecule has 2 heteroatoms. The van der Waals surface area contributed by atoms with Gasteiger partial charge in [-0.1, -0.05) is 185 Å². The fraction of sp³-hybridized carbons (Fsp3) is 0.100. The van der Waals surface area contributed by atoms with E-state index in [1.807, 2.05) is 0 Å². The van der Waals surface area contributed by atoms with Gasteiger partial charge in [0.1, 0.15) is 11.2 Å². The van der Waals surface area contributed by atoms with Crippen LogP contribution in [0.1, 0.15) is 49.9 Å². The average molecular weight is 796 g/mol. The number of nitrogens with zero attached hydrogens (tertiary/aromatic N) is 1. The standard InChI is InChI=1S/C60H45NO/c1-59(2)50-21-13-11-19-46(50)47-34-32-45(36-52(47)59)61(44-30-27-41(28-31-44)39-17-9-6-10-18-39)58-56-48-33-29-43(42-25-23-40(24-26-42)38-15-7-5-8-16-38)35-51(48)60(3,4)53(56)37-55-57(58)49-20-12-14-22-54(49)62-55/h5-37H,1-4H3. The molecule has 9 aromatic carbocycles. The summed E-state index contributed by atoms with van der Waals surface area (Å²) in [6, 6.07) is 73.5. The minimum absolute atomic E-state index is 0.161. The molecule has 1 aromatic heterocycles. The van der Waals surface area contributed by atoms with Gasteiger partial charge in [0, 0.05) is 33.2 Å². The Morgan fingerprint density at radius 3 is 1.56 bits per heavy atom. The molecule has 2 aliphatic rings. The Kier molecular flexibility index (Phi) is 7.96. The van der Waals surface area contributed by atoms with Crippen LogP contribution in [0.2, 0.25) is 0 Å². The molecule has 0 atom stereocenters. The number of rotatable bonds is 6. The van der Waals surface area contributed by atoms with Crippen molar-refractivity contribution in [3.05, 3.63) is 222 Å². The molecule has 12 rings (SSSR count). The van der Waals surface area contributed by atoms with E-state index in [1.165, 1.54) is 77.9 Å². The van der Waals surface area contributed by atoms with Crippen LogP contribution in [0.25, 0.3) is 77.6 Å². The summed E-state index contributed by atoms with van der Waals surface area (Å²) in [6.07, 6.45) is 0. The zero-order chi connectivity index (χ0) is 41.7. The number of fused-ring (bicyclic) bond motifs is 9. The molecule has 1 heterocycles. The van der Waals surface area contributed by atoms with Gasteiger partial charge in [-0.05, 0) is 115 Å². The summed E-state index contributed by atoms with van der Waals surface area (Å²) in [4.78, 5) is 2.53. The van der Waals surface area contributed by atoms with Gasteiger partial charge >= 0.3 is 0 Å². The van der Waals surface area contributed by atoms with Crippen LogP contribution < -0.4 is 4.90 Å². The Balaban J connectivity index is 1.11. The molecule has 0 radical (unpaired) electrons. The lowest BCUT2D eigenvalue weighted by atomic mass is 9.81. The van der Waals surface area contributed by atoms with Crippen molar-refractivity contribution < 1.29 is 4.42 Å². The van der Waals surface area contributed by atoms with Crippen LogP contribution in [0.4, 0.5) is 17.1 Å². The predicted octanol–water partition coefficient (Wildman–Crippen LogP) is 16.7. The third kappa shape index (κ3) is 5.43. The molecule has 10 aromatic rings. The molecule has 0 amide bonds. The van der Waals surface area contributed by atoms with E-state index in [0.717, 1.165) is 39.0 Å². The predicted molar refractivity (Wildman–Crippen MR) is 260 cm³/mol. The van der Waals surface area contributed by atoms with Gasteiger partial charge in [-0.25, -0.2) is 0 Å². The second-order valence-electron chi connectivity index (χ2n) is 18.1. The smallest absolute Gasteiger partial charge is 0.137 e. The van der Waals surface area contributed by atoms with Gasteiger partial charge in [0.2, 0.25) is 0 Å². The second-order valence-corrected chi connectivity index (χ2v) is 18.1. The van der Waals surface area contributed by atoms with Crippen LogP contribution in [0.3, 0.4) is 0 Å². The number of para-hydroxylation sites is 1. The second kappa shape index (κ2) is 13.5. The highest BCUT2D eigenvalue weighted by atomic mass is 16.3. The van der Waals surface area contributed by atoms with E-state index in [4.69, 9.17) is 4.42 Å². The number of hydrogen-bond acceptors (Lipinski definition) is 2. The highest BCUT2D eigenvalue weighted by Crippen LogP contribution is 2.59. The highest BCUT2D eigenvalue weighted by Gasteiger charge is 2.41. The zero-order valence-corrected chi connectivity index (χ0v) is 35.4. The largest absolute Gasteiger partial charge is 0.456 e. The Morgan fingerprint density at radius 2 is 0.855 bits per heavy atom. The van der Waals surface area contributed by atoms with Crippen LogP contribution >= 0.6 is 0 Å². The van der Waals surface area contributed by atoms with Crippen LogP contribution in [0.5, 0.6) is 0 Å². The fourth-order valence-electron chi connectivity index (χ4n) is 10.6. The van der Waals surface area contributed by atoms with Gasteiger partial charge in [-0.15, -0.1) is 0 Å². The van der Waals surface area contributed by atoms with E-state index in [-0.39, 0.29) is 10.8 Å². The molecule has 296 valence electrons. The molecule has 0 unspecified atom stereocenters. The molecule has 0 bridgehead atoms.